The molecule has 6 nitrogen and oxygen atoms in total. The molecule has 0 unspecified atom stereocenters. The molecule has 0 saturated carbocycles. The Hall–Kier alpha value is -3.22. The number of esters is 2. The predicted octanol–water partition coefficient (Wildman–Crippen LogP) is 8.14. The van der Waals surface area contributed by atoms with Crippen molar-refractivity contribution >= 4 is 11.9 Å². The van der Waals surface area contributed by atoms with Crippen LogP contribution in [0.5, 0.6) is 0 Å². The maximum atomic E-state index is 12.7. The highest BCUT2D eigenvalue weighted by molar-refractivity contribution is 5.83. The Labute approximate surface area is 252 Å². The summed E-state index contributed by atoms with van der Waals surface area (Å²) in [5.74, 6) is -0.758. The molecule has 228 valence electrons. The first-order valence-corrected chi connectivity index (χ1v) is 15.1. The standard InChI is InChI=1S/C36H48O6/c1-7-13-32(37)39-23-36(25-41-34(42-26-36)30-17-9-8-10-18-30)24-40-33(38)22-28(3)15-11-14-27(2)19-20-31-29(4)16-12-21-35(31,5)6/h8-11,14-15,17-20,22,34H,7,12-13,16,21,23-26H2,1-6H3/b15-11?,20-19?,27-14?,28-22+. The Morgan fingerprint density at radius 3 is 2.36 bits per heavy atom. The Morgan fingerprint density at radius 2 is 1.69 bits per heavy atom. The van der Waals surface area contributed by atoms with Crippen molar-refractivity contribution in [2.45, 2.75) is 79.9 Å². The first kappa shape index (κ1) is 33.3. The minimum atomic E-state index is -0.783. The smallest absolute Gasteiger partial charge is 0.331 e. The molecule has 0 radical (unpaired) electrons. The highest BCUT2D eigenvalue weighted by Gasteiger charge is 2.40. The zero-order chi connectivity index (χ0) is 30.6. The first-order chi connectivity index (χ1) is 20.0. The number of allylic oxidation sites excluding steroid dienone is 9. The van der Waals surface area contributed by atoms with Crippen LogP contribution in [0.4, 0.5) is 0 Å². The molecule has 2 aliphatic rings. The number of benzene rings is 1. The summed E-state index contributed by atoms with van der Waals surface area (Å²) in [6.45, 7) is 13.2. The van der Waals surface area contributed by atoms with Gasteiger partial charge in [-0.2, -0.15) is 0 Å². The lowest BCUT2D eigenvalue weighted by atomic mass is 9.72. The zero-order valence-electron chi connectivity index (χ0n) is 26.2. The number of rotatable bonds is 12. The molecular weight excluding hydrogens is 528 g/mol. The lowest BCUT2D eigenvalue weighted by molar-refractivity contribution is -0.251. The highest BCUT2D eigenvalue weighted by Crippen LogP contribution is 2.40. The average molecular weight is 577 g/mol. The van der Waals surface area contributed by atoms with Gasteiger partial charge in [-0.05, 0) is 63.0 Å². The van der Waals surface area contributed by atoms with E-state index >= 15 is 0 Å². The lowest BCUT2D eigenvalue weighted by Gasteiger charge is -2.38. The summed E-state index contributed by atoms with van der Waals surface area (Å²) in [6.07, 6.45) is 15.9. The fourth-order valence-electron chi connectivity index (χ4n) is 5.25. The van der Waals surface area contributed by atoms with Gasteiger partial charge in [0.15, 0.2) is 6.29 Å². The van der Waals surface area contributed by atoms with Crippen LogP contribution < -0.4 is 0 Å². The molecule has 0 bridgehead atoms. The quantitative estimate of drug-likeness (QED) is 0.142. The van der Waals surface area contributed by atoms with E-state index in [1.54, 1.807) is 0 Å². The van der Waals surface area contributed by atoms with Gasteiger partial charge in [0.25, 0.3) is 0 Å². The van der Waals surface area contributed by atoms with Gasteiger partial charge in [0.2, 0.25) is 0 Å². The average Bonchev–Trinajstić information content (AvgIpc) is 2.95. The highest BCUT2D eigenvalue weighted by atomic mass is 16.7. The summed E-state index contributed by atoms with van der Waals surface area (Å²) >= 11 is 0. The van der Waals surface area contributed by atoms with Gasteiger partial charge in [-0.3, -0.25) is 4.79 Å². The van der Waals surface area contributed by atoms with Gasteiger partial charge < -0.3 is 18.9 Å². The van der Waals surface area contributed by atoms with Crippen molar-refractivity contribution in [3.05, 3.63) is 94.6 Å². The van der Waals surface area contributed by atoms with Gasteiger partial charge in [-0.15, -0.1) is 0 Å². The van der Waals surface area contributed by atoms with Gasteiger partial charge in [0.05, 0.1) is 18.6 Å². The van der Waals surface area contributed by atoms with Gasteiger partial charge in [-0.25, -0.2) is 4.79 Å². The van der Waals surface area contributed by atoms with Crippen LogP contribution in [-0.2, 0) is 28.5 Å². The van der Waals surface area contributed by atoms with Gasteiger partial charge in [0, 0.05) is 18.1 Å². The molecule has 0 N–H and O–H groups in total. The second-order valence-corrected chi connectivity index (χ2v) is 12.3. The molecule has 1 fully saturated rings. The van der Waals surface area contributed by atoms with E-state index in [0.717, 1.165) is 16.7 Å². The van der Waals surface area contributed by atoms with Crippen molar-refractivity contribution < 1.29 is 28.5 Å². The normalized spacial score (nSPS) is 23.4. The topological polar surface area (TPSA) is 71.1 Å². The molecule has 1 saturated heterocycles. The lowest BCUT2D eigenvalue weighted by Crippen LogP contribution is -2.46. The Bertz CT molecular complexity index is 1210. The molecule has 0 aromatic heterocycles. The number of ether oxygens (including phenoxy) is 4. The monoisotopic (exact) mass is 576 g/mol. The van der Waals surface area contributed by atoms with Crippen molar-refractivity contribution in [1.29, 1.82) is 0 Å². The molecule has 1 aliphatic heterocycles. The van der Waals surface area contributed by atoms with E-state index in [1.807, 2.05) is 62.4 Å². The second-order valence-electron chi connectivity index (χ2n) is 12.3. The van der Waals surface area contributed by atoms with Crippen LogP contribution in [0.25, 0.3) is 0 Å². The molecule has 1 aromatic carbocycles. The summed E-state index contributed by atoms with van der Waals surface area (Å²) in [4.78, 5) is 24.7. The predicted molar refractivity (Wildman–Crippen MR) is 166 cm³/mol. The molecular formula is C36H48O6. The summed E-state index contributed by atoms with van der Waals surface area (Å²) in [5.41, 5.74) is 5.15. The Morgan fingerprint density at radius 1 is 1.00 bits per heavy atom. The van der Waals surface area contributed by atoms with Crippen molar-refractivity contribution in [3.63, 3.8) is 0 Å². The van der Waals surface area contributed by atoms with E-state index in [-0.39, 0.29) is 37.8 Å². The molecule has 1 heterocycles. The van der Waals surface area contributed by atoms with Crippen LogP contribution in [0.1, 0.15) is 85.5 Å². The fraction of sp³-hybridized carbons (Fsp3) is 0.500. The number of carbonyl (C=O) groups excluding carboxylic acids is 2. The first-order valence-electron chi connectivity index (χ1n) is 15.1. The second kappa shape index (κ2) is 15.9. The number of hydrogen-bond acceptors (Lipinski definition) is 6. The van der Waals surface area contributed by atoms with Crippen LogP contribution in [0.3, 0.4) is 0 Å². The van der Waals surface area contributed by atoms with Crippen LogP contribution in [0.15, 0.2) is 89.1 Å². The van der Waals surface area contributed by atoms with E-state index in [0.29, 0.717) is 12.8 Å². The molecule has 3 rings (SSSR count). The SMILES string of the molecule is CCCC(=O)OCC1(COC(=O)/C=C(\C)C=CC=C(C)C=CC2=C(C)CCCC2(C)C)COC(c2ccccc2)OC1. The molecule has 42 heavy (non-hydrogen) atoms. The van der Waals surface area contributed by atoms with Crippen molar-refractivity contribution in [1.82, 2.24) is 0 Å². The number of hydrogen-bond donors (Lipinski definition) is 0. The van der Waals surface area contributed by atoms with Crippen LogP contribution >= 0.6 is 0 Å². The summed E-state index contributed by atoms with van der Waals surface area (Å²) in [6, 6.07) is 9.64. The third kappa shape index (κ3) is 10.2. The number of carbonyl (C=O) groups is 2. The van der Waals surface area contributed by atoms with Crippen LogP contribution in [-0.4, -0.2) is 38.4 Å². The third-order valence-electron chi connectivity index (χ3n) is 7.79. The van der Waals surface area contributed by atoms with E-state index in [9.17, 15) is 9.59 Å². The van der Waals surface area contributed by atoms with Crippen LogP contribution in [0.2, 0.25) is 0 Å². The van der Waals surface area contributed by atoms with Crippen molar-refractivity contribution in [3.8, 4) is 0 Å². The Balaban J connectivity index is 1.57. The van der Waals surface area contributed by atoms with Gasteiger partial charge in [0.1, 0.15) is 13.2 Å². The molecule has 1 aromatic rings. The van der Waals surface area contributed by atoms with Crippen molar-refractivity contribution in [2.24, 2.45) is 10.8 Å². The van der Waals surface area contributed by atoms with Gasteiger partial charge in [-0.1, -0.05) is 92.6 Å². The third-order valence-corrected chi connectivity index (χ3v) is 7.79. The fourth-order valence-corrected chi connectivity index (χ4v) is 5.25. The molecule has 6 heteroatoms. The van der Waals surface area contributed by atoms with E-state index < -0.39 is 17.7 Å². The van der Waals surface area contributed by atoms with Gasteiger partial charge >= 0.3 is 11.9 Å². The summed E-state index contributed by atoms with van der Waals surface area (Å²) in [7, 11) is 0. The van der Waals surface area contributed by atoms with E-state index in [1.165, 1.54) is 36.5 Å². The Kier molecular flexibility index (Phi) is 12.6. The zero-order valence-corrected chi connectivity index (χ0v) is 26.2. The van der Waals surface area contributed by atoms with Crippen molar-refractivity contribution in [2.75, 3.05) is 26.4 Å². The maximum absolute atomic E-state index is 12.7. The minimum Gasteiger partial charge on any atom is -0.465 e. The maximum Gasteiger partial charge on any atom is 0.331 e. The van der Waals surface area contributed by atoms with E-state index in [4.69, 9.17) is 18.9 Å². The molecule has 0 atom stereocenters. The largest absolute Gasteiger partial charge is 0.465 e. The summed E-state index contributed by atoms with van der Waals surface area (Å²) in [5, 5.41) is 0. The van der Waals surface area contributed by atoms with Crippen LogP contribution in [0, 0.1) is 10.8 Å². The minimum absolute atomic E-state index is 0.00959. The van der Waals surface area contributed by atoms with E-state index in [2.05, 4.69) is 39.8 Å². The summed E-state index contributed by atoms with van der Waals surface area (Å²) < 4.78 is 23.1. The molecule has 1 aliphatic carbocycles. The molecule has 0 spiro atoms. The molecule has 0 amide bonds.